The van der Waals surface area contributed by atoms with Gasteiger partial charge in [-0.25, -0.2) is 19.2 Å². The maximum absolute atomic E-state index is 12.2. The molecule has 11 heteroatoms. The molecule has 0 saturated carbocycles. The lowest BCUT2D eigenvalue weighted by molar-refractivity contribution is -0.166. The lowest BCUT2D eigenvalue weighted by Gasteiger charge is -2.21. The van der Waals surface area contributed by atoms with Crippen LogP contribution in [0.2, 0.25) is 0 Å². The van der Waals surface area contributed by atoms with Gasteiger partial charge < -0.3 is 25.0 Å². The standard InChI is InChI=1S/C20H18O8.C9H11Br2N/c1-11-3-7-13(8-4-11)19(25)27-15(17(21)22)16(18(23)24)28-20(26)14-9-5-12(2)6-10-14;1-6(12-2)7-3-8(10)5-9(11)4-7/h3-10,15-16H,1-2H3,(H,21,22)(H,23,24);3-6,12H,1-2H3/t15-,16-;/m0./s1. The van der Waals surface area contributed by atoms with E-state index in [2.05, 4.69) is 56.2 Å². The number of esters is 2. The van der Waals surface area contributed by atoms with Crippen LogP contribution < -0.4 is 5.32 Å². The number of rotatable bonds is 9. The topological polar surface area (TPSA) is 139 Å². The number of benzene rings is 3. The number of carboxylic acid groups (broad SMARTS) is 2. The Balaban J connectivity index is 0.000000389. The molecule has 212 valence electrons. The number of nitrogens with one attached hydrogen (secondary N) is 1. The van der Waals surface area contributed by atoms with Crippen molar-refractivity contribution in [3.8, 4) is 0 Å². The number of hydrogen-bond donors (Lipinski definition) is 3. The Kier molecular flexibility index (Phi) is 12.5. The largest absolute Gasteiger partial charge is 0.478 e. The van der Waals surface area contributed by atoms with E-state index >= 15 is 0 Å². The first-order chi connectivity index (χ1) is 18.8. The third-order valence-corrected chi connectivity index (χ3v) is 6.54. The van der Waals surface area contributed by atoms with Gasteiger partial charge in [0.1, 0.15) is 0 Å². The van der Waals surface area contributed by atoms with E-state index in [0.29, 0.717) is 6.04 Å². The van der Waals surface area contributed by atoms with Crippen molar-refractivity contribution < 1.29 is 38.9 Å². The van der Waals surface area contributed by atoms with Crippen LogP contribution in [-0.2, 0) is 19.1 Å². The van der Waals surface area contributed by atoms with Gasteiger partial charge in [0, 0.05) is 15.0 Å². The number of hydrogen-bond acceptors (Lipinski definition) is 7. The van der Waals surface area contributed by atoms with Gasteiger partial charge >= 0.3 is 23.9 Å². The molecule has 0 fully saturated rings. The summed E-state index contributed by atoms with van der Waals surface area (Å²) in [6.07, 6.45) is -4.44. The van der Waals surface area contributed by atoms with Crippen molar-refractivity contribution in [3.63, 3.8) is 0 Å². The van der Waals surface area contributed by atoms with Crippen LogP contribution in [0.15, 0.2) is 75.7 Å². The van der Waals surface area contributed by atoms with Crippen molar-refractivity contribution in [2.24, 2.45) is 0 Å². The first-order valence-corrected chi connectivity index (χ1v) is 13.5. The third kappa shape index (κ3) is 9.89. The molecule has 0 amide bonds. The highest BCUT2D eigenvalue weighted by Gasteiger charge is 2.41. The average Bonchev–Trinajstić information content (AvgIpc) is 2.90. The maximum atomic E-state index is 12.2. The summed E-state index contributed by atoms with van der Waals surface area (Å²) < 4.78 is 11.9. The molecule has 0 heterocycles. The zero-order valence-corrected chi connectivity index (χ0v) is 25.4. The highest BCUT2D eigenvalue weighted by Crippen LogP contribution is 2.23. The van der Waals surface area contributed by atoms with E-state index in [9.17, 15) is 29.4 Å². The van der Waals surface area contributed by atoms with Gasteiger partial charge in [0.25, 0.3) is 0 Å². The molecule has 0 radical (unpaired) electrons. The number of aliphatic carboxylic acids is 2. The van der Waals surface area contributed by atoms with Crippen LogP contribution >= 0.6 is 31.9 Å². The molecule has 40 heavy (non-hydrogen) atoms. The van der Waals surface area contributed by atoms with Crippen LogP contribution in [-0.4, -0.2) is 53.3 Å². The molecular formula is C29H29Br2NO8. The molecule has 3 aromatic carbocycles. The Morgan fingerprint density at radius 1 is 0.700 bits per heavy atom. The van der Waals surface area contributed by atoms with E-state index in [1.807, 2.05) is 13.1 Å². The van der Waals surface area contributed by atoms with E-state index in [0.717, 1.165) is 20.1 Å². The number of carboxylic acids is 2. The molecule has 3 rings (SSSR count). The number of carbonyl (C=O) groups excluding carboxylic acids is 2. The van der Waals surface area contributed by atoms with Crippen molar-refractivity contribution in [1.82, 2.24) is 5.32 Å². The molecule has 0 aliphatic heterocycles. The van der Waals surface area contributed by atoms with Crippen LogP contribution in [0.4, 0.5) is 0 Å². The van der Waals surface area contributed by atoms with Crippen LogP contribution in [0.3, 0.4) is 0 Å². The Morgan fingerprint density at radius 2 is 1.05 bits per heavy atom. The predicted molar refractivity (Wildman–Crippen MR) is 155 cm³/mol. The second kappa shape index (κ2) is 15.3. The molecule has 0 bridgehead atoms. The normalized spacial score (nSPS) is 12.7. The Bertz CT molecular complexity index is 1250. The second-order valence-corrected chi connectivity index (χ2v) is 10.6. The lowest BCUT2D eigenvalue weighted by Crippen LogP contribution is -2.45. The van der Waals surface area contributed by atoms with Crippen molar-refractivity contribution in [2.45, 2.75) is 39.0 Å². The van der Waals surface area contributed by atoms with Crippen molar-refractivity contribution in [2.75, 3.05) is 7.05 Å². The van der Waals surface area contributed by atoms with Gasteiger partial charge in [-0.1, -0.05) is 67.3 Å². The molecule has 0 spiro atoms. The third-order valence-electron chi connectivity index (χ3n) is 5.62. The highest BCUT2D eigenvalue weighted by molar-refractivity contribution is 9.11. The molecule has 9 nitrogen and oxygen atoms in total. The first kappa shape index (κ1) is 32.7. The Morgan fingerprint density at radius 3 is 1.35 bits per heavy atom. The minimum absolute atomic E-state index is 0.0332. The molecule has 0 aromatic heterocycles. The smallest absolute Gasteiger partial charge is 0.349 e. The van der Waals surface area contributed by atoms with Gasteiger partial charge in [0.05, 0.1) is 11.1 Å². The van der Waals surface area contributed by atoms with E-state index in [4.69, 9.17) is 9.47 Å². The Hall–Kier alpha value is -3.54. The van der Waals surface area contributed by atoms with Gasteiger partial charge in [0.2, 0.25) is 12.2 Å². The van der Waals surface area contributed by atoms with Crippen LogP contribution in [0.25, 0.3) is 0 Å². The van der Waals surface area contributed by atoms with Crippen LogP contribution in [0.1, 0.15) is 50.4 Å². The van der Waals surface area contributed by atoms with E-state index < -0.39 is 36.1 Å². The first-order valence-electron chi connectivity index (χ1n) is 12.0. The molecule has 3 atom stereocenters. The number of carbonyl (C=O) groups is 4. The fourth-order valence-corrected chi connectivity index (χ4v) is 4.55. The molecule has 0 aliphatic carbocycles. The molecular weight excluding hydrogens is 650 g/mol. The van der Waals surface area contributed by atoms with Crippen molar-refractivity contribution in [1.29, 1.82) is 0 Å². The average molecular weight is 679 g/mol. The minimum Gasteiger partial charge on any atom is -0.478 e. The summed E-state index contributed by atoms with van der Waals surface area (Å²) in [7, 11) is 1.96. The van der Waals surface area contributed by atoms with E-state index in [-0.39, 0.29) is 11.1 Å². The summed E-state index contributed by atoms with van der Waals surface area (Å²) >= 11 is 6.91. The van der Waals surface area contributed by atoms with Crippen LogP contribution in [0, 0.1) is 13.8 Å². The summed E-state index contributed by atoms with van der Waals surface area (Å²) in [6.45, 7) is 5.72. The summed E-state index contributed by atoms with van der Waals surface area (Å²) in [5.74, 6) is -5.62. The second-order valence-electron chi connectivity index (χ2n) is 8.77. The zero-order chi connectivity index (χ0) is 30.0. The monoisotopic (exact) mass is 677 g/mol. The number of ether oxygens (including phenoxy) is 2. The van der Waals surface area contributed by atoms with Gasteiger partial charge in [-0.2, -0.15) is 0 Å². The minimum atomic E-state index is -2.22. The van der Waals surface area contributed by atoms with Crippen molar-refractivity contribution in [3.05, 3.63) is 103 Å². The molecule has 0 aliphatic rings. The number of halogens is 2. The summed E-state index contributed by atoms with van der Waals surface area (Å²) in [5.41, 5.74) is 3.07. The van der Waals surface area contributed by atoms with E-state index in [1.54, 1.807) is 38.1 Å². The van der Waals surface area contributed by atoms with Gasteiger partial charge in [-0.3, -0.25) is 0 Å². The number of aryl methyl sites for hydroxylation is 2. The summed E-state index contributed by atoms with van der Waals surface area (Å²) in [6, 6.07) is 18.7. The predicted octanol–water partition coefficient (Wildman–Crippen LogP) is 5.72. The zero-order valence-electron chi connectivity index (χ0n) is 22.2. The fourth-order valence-electron chi connectivity index (χ4n) is 3.22. The highest BCUT2D eigenvalue weighted by atomic mass is 79.9. The van der Waals surface area contributed by atoms with Gasteiger partial charge in [-0.15, -0.1) is 0 Å². The molecule has 0 saturated heterocycles. The van der Waals surface area contributed by atoms with E-state index in [1.165, 1.54) is 29.8 Å². The maximum Gasteiger partial charge on any atom is 0.349 e. The SMILES string of the molecule is CNC(C)c1cc(Br)cc(Br)c1.Cc1ccc(C(=O)O[C@H](C(=O)O)[C@H](OC(=O)c2ccc(C)cc2)C(=O)O)cc1. The summed E-state index contributed by atoms with van der Waals surface area (Å²) in [5, 5.41) is 21.8. The lowest BCUT2D eigenvalue weighted by atomic mass is 10.1. The quantitative estimate of drug-likeness (QED) is 0.243. The fraction of sp³-hybridized carbons (Fsp3) is 0.241. The van der Waals surface area contributed by atoms with Gasteiger partial charge in [-0.05, 0) is 75.8 Å². The Labute approximate surface area is 248 Å². The summed E-state index contributed by atoms with van der Waals surface area (Å²) in [4.78, 5) is 47.3. The van der Waals surface area contributed by atoms with Gasteiger partial charge in [0.15, 0.2) is 0 Å². The van der Waals surface area contributed by atoms with Crippen LogP contribution in [0.5, 0.6) is 0 Å². The molecule has 1 unspecified atom stereocenters. The van der Waals surface area contributed by atoms with Crippen molar-refractivity contribution >= 4 is 55.7 Å². The molecule has 3 aromatic rings. The molecule has 3 N–H and O–H groups in total.